The molecule has 5 nitrogen and oxygen atoms in total. The number of oxime groups is 1. The lowest BCUT2D eigenvalue weighted by Crippen LogP contribution is -2.06. The standard InChI is InChI=1S/C18H15NO4/c20-16(21)12-7-13-17(22)23-19-18(14-8-3-1-4-9-14)15-10-5-2-6-11-15/h1-11,13H,12H2,(H,20,21). The highest BCUT2D eigenvalue weighted by Crippen LogP contribution is 2.11. The minimum absolute atomic E-state index is 0.247. The summed E-state index contributed by atoms with van der Waals surface area (Å²) in [7, 11) is 0. The SMILES string of the molecule is O=C(O)CC=CC(=O)ON=C(c1ccccc1)c1ccccc1. The molecule has 0 radical (unpaired) electrons. The molecule has 0 unspecified atom stereocenters. The fourth-order valence-electron chi connectivity index (χ4n) is 1.84. The highest BCUT2D eigenvalue weighted by atomic mass is 16.7. The van der Waals surface area contributed by atoms with Crippen molar-refractivity contribution in [3.63, 3.8) is 0 Å². The predicted octanol–water partition coefficient (Wildman–Crippen LogP) is 3.01. The third-order valence-corrected chi connectivity index (χ3v) is 2.87. The Morgan fingerprint density at radius 3 is 1.96 bits per heavy atom. The Kier molecular flexibility index (Phi) is 5.82. The van der Waals surface area contributed by atoms with Crippen molar-refractivity contribution in [1.29, 1.82) is 0 Å². The third-order valence-electron chi connectivity index (χ3n) is 2.87. The number of carbonyl (C=O) groups excluding carboxylic acids is 1. The molecule has 0 saturated carbocycles. The monoisotopic (exact) mass is 309 g/mol. The quantitative estimate of drug-likeness (QED) is 0.385. The maximum absolute atomic E-state index is 11.6. The molecule has 2 rings (SSSR count). The van der Waals surface area contributed by atoms with Gasteiger partial charge in [-0.2, -0.15) is 0 Å². The van der Waals surface area contributed by atoms with Gasteiger partial charge >= 0.3 is 11.9 Å². The van der Waals surface area contributed by atoms with Crippen LogP contribution in [0.5, 0.6) is 0 Å². The molecule has 0 aliphatic carbocycles. The lowest BCUT2D eigenvalue weighted by Gasteiger charge is -2.05. The lowest BCUT2D eigenvalue weighted by atomic mass is 10.0. The van der Waals surface area contributed by atoms with E-state index in [0.29, 0.717) is 5.71 Å². The van der Waals surface area contributed by atoms with Gasteiger partial charge < -0.3 is 9.94 Å². The second-order valence-corrected chi connectivity index (χ2v) is 4.58. The molecule has 5 heteroatoms. The third kappa shape index (κ3) is 5.24. The van der Waals surface area contributed by atoms with E-state index in [-0.39, 0.29) is 6.42 Å². The average molecular weight is 309 g/mol. The summed E-state index contributed by atoms with van der Waals surface area (Å²) in [6.45, 7) is 0. The first-order chi connectivity index (χ1) is 11.2. The molecule has 23 heavy (non-hydrogen) atoms. The van der Waals surface area contributed by atoms with E-state index in [1.165, 1.54) is 6.08 Å². The van der Waals surface area contributed by atoms with E-state index in [0.717, 1.165) is 17.2 Å². The van der Waals surface area contributed by atoms with Crippen LogP contribution >= 0.6 is 0 Å². The average Bonchev–Trinajstić information content (AvgIpc) is 2.57. The van der Waals surface area contributed by atoms with E-state index in [1.807, 2.05) is 60.7 Å². The molecular formula is C18H15NO4. The summed E-state index contributed by atoms with van der Waals surface area (Å²) in [5.41, 5.74) is 2.13. The van der Waals surface area contributed by atoms with Crippen LogP contribution in [-0.2, 0) is 14.4 Å². The Labute approximate surface area is 133 Å². The van der Waals surface area contributed by atoms with Gasteiger partial charge in [0.25, 0.3) is 0 Å². The Bertz CT molecular complexity index is 680. The molecule has 0 amide bonds. The number of rotatable bonds is 6. The van der Waals surface area contributed by atoms with Crippen molar-refractivity contribution in [2.24, 2.45) is 5.16 Å². The molecule has 0 aliphatic rings. The van der Waals surface area contributed by atoms with Gasteiger partial charge in [-0.1, -0.05) is 71.9 Å². The van der Waals surface area contributed by atoms with Crippen molar-refractivity contribution in [2.75, 3.05) is 0 Å². The Balaban J connectivity index is 2.20. The largest absolute Gasteiger partial charge is 0.481 e. The van der Waals surface area contributed by atoms with Gasteiger partial charge in [0.05, 0.1) is 6.42 Å². The number of benzene rings is 2. The molecule has 2 aromatic carbocycles. The second kappa shape index (κ2) is 8.29. The number of aliphatic carboxylic acids is 1. The maximum Gasteiger partial charge on any atom is 0.358 e. The summed E-state index contributed by atoms with van der Waals surface area (Å²) >= 11 is 0. The molecule has 0 spiro atoms. The predicted molar refractivity (Wildman–Crippen MR) is 86.0 cm³/mol. The number of hydrogen-bond acceptors (Lipinski definition) is 4. The molecule has 0 bridgehead atoms. The van der Waals surface area contributed by atoms with E-state index in [9.17, 15) is 9.59 Å². The molecule has 116 valence electrons. The Hall–Kier alpha value is -3.21. The minimum Gasteiger partial charge on any atom is -0.481 e. The molecule has 1 N–H and O–H groups in total. The van der Waals surface area contributed by atoms with Crippen molar-refractivity contribution in [2.45, 2.75) is 6.42 Å². The Morgan fingerprint density at radius 1 is 0.957 bits per heavy atom. The summed E-state index contributed by atoms with van der Waals surface area (Å²) < 4.78 is 0. The van der Waals surface area contributed by atoms with Gasteiger partial charge in [-0.25, -0.2) is 4.79 Å². The van der Waals surface area contributed by atoms with Gasteiger partial charge in [0.15, 0.2) is 0 Å². The van der Waals surface area contributed by atoms with Crippen LogP contribution < -0.4 is 0 Å². The zero-order chi connectivity index (χ0) is 16.5. The first-order valence-corrected chi connectivity index (χ1v) is 6.95. The van der Waals surface area contributed by atoms with Gasteiger partial charge in [0.1, 0.15) is 5.71 Å². The number of carbonyl (C=O) groups is 2. The summed E-state index contributed by atoms with van der Waals surface area (Å²) in [4.78, 5) is 26.8. The second-order valence-electron chi connectivity index (χ2n) is 4.58. The molecule has 0 fully saturated rings. The molecule has 2 aromatic rings. The highest BCUT2D eigenvalue weighted by molar-refractivity contribution is 6.12. The smallest absolute Gasteiger partial charge is 0.358 e. The van der Waals surface area contributed by atoms with E-state index in [2.05, 4.69) is 5.16 Å². The van der Waals surface area contributed by atoms with E-state index in [1.54, 1.807) is 0 Å². The van der Waals surface area contributed by atoms with Crippen LogP contribution in [0.15, 0.2) is 78.0 Å². The normalized spacial score (nSPS) is 10.3. The zero-order valence-corrected chi connectivity index (χ0v) is 12.3. The summed E-state index contributed by atoms with van der Waals surface area (Å²) in [5.74, 6) is -1.75. The topological polar surface area (TPSA) is 76.0 Å². The van der Waals surface area contributed by atoms with E-state index < -0.39 is 11.9 Å². The van der Waals surface area contributed by atoms with Crippen molar-refractivity contribution < 1.29 is 19.5 Å². The summed E-state index contributed by atoms with van der Waals surface area (Å²) in [6, 6.07) is 18.7. The van der Waals surface area contributed by atoms with Crippen molar-refractivity contribution in [3.8, 4) is 0 Å². The number of carboxylic acid groups (broad SMARTS) is 1. The Morgan fingerprint density at radius 2 is 1.48 bits per heavy atom. The summed E-state index contributed by atoms with van der Waals surface area (Å²) in [5, 5.41) is 12.4. The van der Waals surface area contributed by atoms with Crippen LogP contribution in [0.1, 0.15) is 17.5 Å². The van der Waals surface area contributed by atoms with Crippen molar-refractivity contribution >= 4 is 17.7 Å². The van der Waals surface area contributed by atoms with Crippen LogP contribution in [0, 0.1) is 0 Å². The highest BCUT2D eigenvalue weighted by Gasteiger charge is 2.08. The molecule has 0 heterocycles. The fourth-order valence-corrected chi connectivity index (χ4v) is 1.84. The van der Waals surface area contributed by atoms with Gasteiger partial charge in [-0.05, 0) is 0 Å². The van der Waals surface area contributed by atoms with Gasteiger partial charge in [0.2, 0.25) is 0 Å². The minimum atomic E-state index is -1.02. The van der Waals surface area contributed by atoms with Crippen molar-refractivity contribution in [1.82, 2.24) is 0 Å². The lowest BCUT2D eigenvalue weighted by molar-refractivity contribution is -0.137. The van der Waals surface area contributed by atoms with Crippen LogP contribution in [0.4, 0.5) is 0 Å². The molecule has 0 saturated heterocycles. The van der Waals surface area contributed by atoms with Gasteiger partial charge in [-0.15, -0.1) is 0 Å². The molecule has 0 atom stereocenters. The molecular weight excluding hydrogens is 294 g/mol. The van der Waals surface area contributed by atoms with Crippen LogP contribution in [0.2, 0.25) is 0 Å². The first-order valence-electron chi connectivity index (χ1n) is 6.95. The van der Waals surface area contributed by atoms with Crippen molar-refractivity contribution in [3.05, 3.63) is 83.9 Å². The molecule has 0 aliphatic heterocycles. The number of hydrogen-bond donors (Lipinski definition) is 1. The van der Waals surface area contributed by atoms with Crippen LogP contribution in [-0.4, -0.2) is 22.8 Å². The number of carboxylic acids is 1. The molecule has 0 aromatic heterocycles. The van der Waals surface area contributed by atoms with Gasteiger partial charge in [0, 0.05) is 17.2 Å². The van der Waals surface area contributed by atoms with Crippen LogP contribution in [0.25, 0.3) is 0 Å². The zero-order valence-electron chi connectivity index (χ0n) is 12.3. The van der Waals surface area contributed by atoms with E-state index in [4.69, 9.17) is 9.94 Å². The first kappa shape index (κ1) is 16.2. The number of nitrogens with zero attached hydrogens (tertiary/aromatic N) is 1. The maximum atomic E-state index is 11.6. The fraction of sp³-hybridized carbons (Fsp3) is 0.0556. The summed E-state index contributed by atoms with van der Waals surface area (Å²) in [6.07, 6.45) is 2.01. The van der Waals surface area contributed by atoms with E-state index >= 15 is 0 Å². The van der Waals surface area contributed by atoms with Crippen LogP contribution in [0.3, 0.4) is 0 Å². The van der Waals surface area contributed by atoms with Gasteiger partial charge in [-0.3, -0.25) is 4.79 Å².